The van der Waals surface area contributed by atoms with E-state index in [0.29, 0.717) is 5.76 Å². The number of hydrogen-bond donors (Lipinski definition) is 1. The molecule has 19 heavy (non-hydrogen) atoms. The normalized spacial score (nSPS) is 13.3. The summed E-state index contributed by atoms with van der Waals surface area (Å²) in [4.78, 5) is 3.77. The lowest BCUT2D eigenvalue weighted by atomic mass is 10.2. The van der Waals surface area contributed by atoms with Crippen LogP contribution in [0.3, 0.4) is 0 Å². The third-order valence-corrected chi connectivity index (χ3v) is 2.92. The van der Waals surface area contributed by atoms with Crippen molar-refractivity contribution in [1.29, 1.82) is 0 Å². The van der Waals surface area contributed by atoms with Gasteiger partial charge in [-0.1, -0.05) is 0 Å². The van der Waals surface area contributed by atoms with Crippen molar-refractivity contribution in [3.63, 3.8) is 0 Å². The van der Waals surface area contributed by atoms with E-state index in [1.165, 1.54) is 12.5 Å². The Morgan fingerprint density at radius 3 is 2.74 bits per heavy atom. The van der Waals surface area contributed by atoms with Crippen LogP contribution < -0.4 is 5.32 Å². The van der Waals surface area contributed by atoms with Gasteiger partial charge in [-0.05, 0) is 41.1 Å². The Hall–Kier alpha value is -1.50. The molecule has 2 aromatic rings. The number of nitrogens with one attached hydrogen (secondary N) is 1. The maximum atomic E-state index is 12.9. The van der Waals surface area contributed by atoms with Crippen molar-refractivity contribution in [2.75, 3.05) is 5.32 Å². The lowest BCUT2D eigenvalue weighted by Crippen LogP contribution is -2.14. The number of hydrogen-bond acceptors (Lipinski definition) is 3. The van der Waals surface area contributed by atoms with E-state index in [4.69, 9.17) is 4.42 Å². The Balaban J connectivity index is 2.30. The van der Waals surface area contributed by atoms with Gasteiger partial charge in [0, 0.05) is 10.7 Å². The quantitative estimate of drug-likeness (QED) is 0.889. The van der Waals surface area contributed by atoms with Gasteiger partial charge in [0.05, 0.1) is 17.9 Å². The molecule has 0 aromatic carbocycles. The van der Waals surface area contributed by atoms with Gasteiger partial charge in [-0.2, -0.15) is 13.2 Å². The number of furan rings is 1. The third-order valence-electron chi connectivity index (χ3n) is 2.48. The summed E-state index contributed by atoms with van der Waals surface area (Å²) in [6.45, 7) is 1.70. The summed E-state index contributed by atoms with van der Waals surface area (Å²) < 4.78 is 44.1. The predicted octanol–water partition coefficient (Wildman–Crippen LogP) is 4.63. The molecule has 1 atom stereocenters. The summed E-state index contributed by atoms with van der Waals surface area (Å²) in [5.41, 5.74) is -0.819. The molecule has 0 aliphatic heterocycles. The van der Waals surface area contributed by atoms with Gasteiger partial charge in [0.15, 0.2) is 0 Å². The highest BCUT2D eigenvalue weighted by molar-refractivity contribution is 9.10. The van der Waals surface area contributed by atoms with Crippen molar-refractivity contribution in [2.24, 2.45) is 0 Å². The molecule has 0 aliphatic carbocycles. The lowest BCUT2D eigenvalue weighted by Gasteiger charge is -2.17. The molecule has 7 heteroatoms. The Morgan fingerprint density at radius 1 is 1.42 bits per heavy atom. The van der Waals surface area contributed by atoms with Crippen molar-refractivity contribution in [2.45, 2.75) is 19.1 Å². The summed E-state index contributed by atoms with van der Waals surface area (Å²) in [5, 5.41) is 2.70. The number of pyridine rings is 1. The van der Waals surface area contributed by atoms with E-state index in [9.17, 15) is 13.2 Å². The monoisotopic (exact) mass is 334 g/mol. The van der Waals surface area contributed by atoms with Gasteiger partial charge in [0.2, 0.25) is 0 Å². The zero-order valence-corrected chi connectivity index (χ0v) is 11.4. The Morgan fingerprint density at radius 2 is 2.16 bits per heavy atom. The molecule has 1 N–H and O–H groups in total. The molecule has 0 bridgehead atoms. The lowest BCUT2D eigenvalue weighted by molar-refractivity contribution is -0.137. The number of anilines is 1. The maximum Gasteiger partial charge on any atom is 0.419 e. The summed E-state index contributed by atoms with van der Waals surface area (Å²) >= 11 is 2.98. The second kappa shape index (κ2) is 5.24. The van der Waals surface area contributed by atoms with Crippen LogP contribution in [0, 0.1) is 0 Å². The van der Waals surface area contributed by atoms with Crippen molar-refractivity contribution in [1.82, 2.24) is 4.98 Å². The highest BCUT2D eigenvalue weighted by atomic mass is 79.9. The number of alkyl halides is 3. The van der Waals surface area contributed by atoms with Gasteiger partial charge in [0.1, 0.15) is 11.6 Å². The fraction of sp³-hybridized carbons (Fsp3) is 0.250. The number of nitrogens with zero attached hydrogens (tertiary/aromatic N) is 1. The first-order valence-corrected chi connectivity index (χ1v) is 6.20. The van der Waals surface area contributed by atoms with Gasteiger partial charge >= 0.3 is 6.18 Å². The van der Waals surface area contributed by atoms with Crippen LogP contribution in [0.4, 0.5) is 19.0 Å². The van der Waals surface area contributed by atoms with Gasteiger partial charge in [-0.25, -0.2) is 4.98 Å². The van der Waals surface area contributed by atoms with Crippen LogP contribution in [0.15, 0.2) is 39.5 Å². The van der Waals surface area contributed by atoms with Crippen molar-refractivity contribution in [3.05, 3.63) is 46.5 Å². The Bertz CT molecular complexity index is 555. The van der Waals surface area contributed by atoms with Gasteiger partial charge in [-0.15, -0.1) is 0 Å². The zero-order valence-electron chi connectivity index (χ0n) is 9.83. The second-order valence-corrected chi connectivity index (χ2v) is 4.84. The van der Waals surface area contributed by atoms with E-state index in [1.54, 1.807) is 19.1 Å². The van der Waals surface area contributed by atoms with Gasteiger partial charge in [-0.3, -0.25) is 0 Å². The zero-order chi connectivity index (χ0) is 14.0. The molecule has 2 rings (SSSR count). The highest BCUT2D eigenvalue weighted by Gasteiger charge is 2.35. The molecule has 102 valence electrons. The minimum atomic E-state index is -4.47. The second-order valence-electron chi connectivity index (χ2n) is 3.93. The molecule has 0 aliphatic rings. The molecule has 0 spiro atoms. The minimum Gasteiger partial charge on any atom is -0.467 e. The number of halogens is 4. The molecule has 2 heterocycles. The predicted molar refractivity (Wildman–Crippen MR) is 67.7 cm³/mol. The molecule has 3 nitrogen and oxygen atoms in total. The maximum absolute atomic E-state index is 12.9. The van der Waals surface area contributed by atoms with Crippen molar-refractivity contribution >= 4 is 21.7 Å². The van der Waals surface area contributed by atoms with E-state index >= 15 is 0 Å². The van der Waals surface area contributed by atoms with E-state index in [0.717, 1.165) is 6.07 Å². The summed E-state index contributed by atoms with van der Waals surface area (Å²) in [6.07, 6.45) is -1.69. The fourth-order valence-electron chi connectivity index (χ4n) is 1.58. The smallest absolute Gasteiger partial charge is 0.419 e. The third kappa shape index (κ3) is 3.28. The van der Waals surface area contributed by atoms with Crippen molar-refractivity contribution in [3.8, 4) is 0 Å². The molecular weight excluding hydrogens is 325 g/mol. The molecule has 0 saturated heterocycles. The van der Waals surface area contributed by atoms with Crippen LogP contribution in [0.25, 0.3) is 0 Å². The van der Waals surface area contributed by atoms with Crippen LogP contribution in [-0.2, 0) is 6.18 Å². The van der Waals surface area contributed by atoms with Crippen molar-refractivity contribution < 1.29 is 17.6 Å². The molecule has 0 fully saturated rings. The van der Waals surface area contributed by atoms with Crippen LogP contribution in [0.1, 0.15) is 24.3 Å². The first kappa shape index (κ1) is 13.9. The molecule has 1 unspecified atom stereocenters. The SMILES string of the molecule is CC(Nc1ncc(Br)cc1C(F)(F)F)c1ccco1. The average Bonchev–Trinajstić information content (AvgIpc) is 2.83. The minimum absolute atomic E-state index is 0.223. The molecule has 0 saturated carbocycles. The number of rotatable bonds is 3. The van der Waals surface area contributed by atoms with Crippen LogP contribution in [0.5, 0.6) is 0 Å². The summed E-state index contributed by atoms with van der Waals surface area (Å²) in [5.74, 6) is 0.317. The fourth-order valence-corrected chi connectivity index (χ4v) is 1.92. The van der Waals surface area contributed by atoms with E-state index < -0.39 is 17.8 Å². The Kier molecular flexibility index (Phi) is 3.84. The molecule has 2 aromatic heterocycles. The molecule has 0 amide bonds. The van der Waals surface area contributed by atoms with Crippen LogP contribution >= 0.6 is 15.9 Å². The number of aromatic nitrogens is 1. The molecular formula is C12H10BrF3N2O. The first-order chi connectivity index (χ1) is 8.88. The first-order valence-electron chi connectivity index (χ1n) is 5.40. The average molecular weight is 335 g/mol. The largest absolute Gasteiger partial charge is 0.467 e. The van der Waals surface area contributed by atoms with E-state index in [1.807, 2.05) is 0 Å². The molecule has 0 radical (unpaired) electrons. The van der Waals surface area contributed by atoms with E-state index in [2.05, 4.69) is 26.2 Å². The van der Waals surface area contributed by atoms with Crippen LogP contribution in [0.2, 0.25) is 0 Å². The van der Waals surface area contributed by atoms with Gasteiger partial charge in [0.25, 0.3) is 0 Å². The summed E-state index contributed by atoms with van der Waals surface area (Å²) in [7, 11) is 0. The van der Waals surface area contributed by atoms with Gasteiger partial charge < -0.3 is 9.73 Å². The standard InChI is InChI=1S/C12H10BrF3N2O/c1-7(10-3-2-4-19-10)18-11-9(12(14,15)16)5-8(13)6-17-11/h2-7H,1H3,(H,17,18). The van der Waals surface area contributed by atoms with Crippen LogP contribution in [-0.4, -0.2) is 4.98 Å². The summed E-state index contributed by atoms with van der Waals surface area (Å²) in [6, 6.07) is 3.94. The Labute approximate surface area is 116 Å². The van der Waals surface area contributed by atoms with E-state index in [-0.39, 0.29) is 10.3 Å². The highest BCUT2D eigenvalue weighted by Crippen LogP contribution is 2.36. The topological polar surface area (TPSA) is 38.1 Å².